The lowest BCUT2D eigenvalue weighted by molar-refractivity contribution is -0.138. The first kappa shape index (κ1) is 44.8. The van der Waals surface area contributed by atoms with Crippen LogP contribution < -0.4 is 0 Å². The van der Waals surface area contributed by atoms with Crippen molar-refractivity contribution in [3.05, 3.63) is 107 Å². The van der Waals surface area contributed by atoms with Crippen molar-refractivity contribution in [2.75, 3.05) is 0 Å². The first-order chi connectivity index (χ1) is 27.0. The maximum absolute atomic E-state index is 13.9. The molecule has 0 aliphatic carbocycles. The molecule has 306 valence electrons. The first-order valence-electron chi connectivity index (χ1n) is 20.4. The minimum atomic E-state index is -4.50. The zero-order valence-electron chi connectivity index (χ0n) is 35.8. The molecule has 0 heterocycles. The Bertz CT molecular complexity index is 2210. The number of rotatable bonds is 8. The second kappa shape index (κ2) is 16.8. The van der Waals surface area contributed by atoms with E-state index in [0.29, 0.717) is 55.5 Å². The summed E-state index contributed by atoms with van der Waals surface area (Å²) in [5, 5.41) is 3.20. The summed E-state index contributed by atoms with van der Waals surface area (Å²) < 4.78 is 83.6. The van der Waals surface area contributed by atoms with Crippen molar-refractivity contribution in [3.63, 3.8) is 0 Å². The molecule has 0 unspecified atom stereocenters. The van der Waals surface area contributed by atoms with E-state index < -0.39 is 39.6 Å². The Kier molecular flexibility index (Phi) is 13.0. The Morgan fingerprint density at radius 2 is 0.672 bits per heavy atom. The Balaban J connectivity index is 2.01. The van der Waals surface area contributed by atoms with E-state index in [1.165, 1.54) is 24.3 Å². The average molecular weight is 827 g/mol. The van der Waals surface area contributed by atoms with E-state index in [-0.39, 0.29) is 0 Å². The normalized spacial score (nSPS) is 13.0. The summed E-state index contributed by atoms with van der Waals surface area (Å²) in [5.74, 6) is 7.43. The van der Waals surface area contributed by atoms with Gasteiger partial charge in [0.15, 0.2) is 0 Å². The van der Waals surface area contributed by atoms with Crippen molar-refractivity contribution >= 4 is 37.7 Å². The summed E-state index contributed by atoms with van der Waals surface area (Å²) in [4.78, 5) is 0. The lowest BCUT2D eigenvalue weighted by Gasteiger charge is -2.38. The minimum absolute atomic E-state index is 0.344. The van der Waals surface area contributed by atoms with Gasteiger partial charge in [-0.25, -0.2) is 0 Å². The molecule has 0 aliphatic heterocycles. The van der Waals surface area contributed by atoms with E-state index in [4.69, 9.17) is 0 Å². The predicted octanol–water partition coefficient (Wildman–Crippen LogP) is 16.5. The standard InChI is InChI=1S/C50H56F6Si2/c1-31(2)57(32(3)4,33(5)6)25-23-45-43-21-19-40(38-16-14-18-42(28-38)50(54,55)56)30-48(43)46(24-26-58(34(7)8,35(9)10)36(11)12)44-22-20-39(29-47(44)45)37-15-13-17-41(27-37)49(51,52)53/h13-22,27-36H,1-12H3. The molecule has 5 aromatic rings. The van der Waals surface area contributed by atoms with Gasteiger partial charge in [0.2, 0.25) is 0 Å². The molecule has 0 aliphatic rings. The van der Waals surface area contributed by atoms with Crippen LogP contribution in [0.3, 0.4) is 0 Å². The van der Waals surface area contributed by atoms with E-state index in [2.05, 4.69) is 106 Å². The minimum Gasteiger partial charge on any atom is -0.166 e. The molecule has 0 nitrogen and oxygen atoms in total. The fourth-order valence-corrected chi connectivity index (χ4v) is 20.2. The van der Waals surface area contributed by atoms with Gasteiger partial charge in [0.1, 0.15) is 16.1 Å². The van der Waals surface area contributed by atoms with Crippen LogP contribution in [0.2, 0.25) is 33.2 Å². The summed E-state index contributed by atoms with van der Waals surface area (Å²) >= 11 is 0. The third-order valence-electron chi connectivity index (χ3n) is 12.7. The highest BCUT2D eigenvalue weighted by Crippen LogP contribution is 2.44. The molecular weight excluding hydrogens is 771 g/mol. The quantitative estimate of drug-likeness (QED) is 0.0633. The second-order valence-corrected chi connectivity index (χ2v) is 28.9. The topological polar surface area (TPSA) is 0 Å². The van der Waals surface area contributed by atoms with Gasteiger partial charge in [0, 0.05) is 11.1 Å². The number of hydrogen-bond acceptors (Lipinski definition) is 0. The summed E-state index contributed by atoms with van der Waals surface area (Å²) in [6, 6.07) is 22.2. The van der Waals surface area contributed by atoms with Gasteiger partial charge < -0.3 is 0 Å². The van der Waals surface area contributed by atoms with Crippen molar-refractivity contribution in [1.29, 1.82) is 0 Å². The largest absolute Gasteiger partial charge is 0.416 e. The van der Waals surface area contributed by atoms with Crippen LogP contribution in [0.15, 0.2) is 84.9 Å². The van der Waals surface area contributed by atoms with E-state index in [9.17, 15) is 26.3 Å². The maximum Gasteiger partial charge on any atom is 0.416 e. The highest BCUT2D eigenvalue weighted by molar-refractivity contribution is 6.91. The second-order valence-electron chi connectivity index (χ2n) is 17.7. The van der Waals surface area contributed by atoms with E-state index in [1.807, 2.05) is 36.4 Å². The lowest BCUT2D eigenvalue weighted by Crippen LogP contribution is -2.43. The molecule has 0 N–H and O–H groups in total. The molecule has 0 fully saturated rings. The molecule has 0 amide bonds. The Hall–Kier alpha value is -4.25. The van der Waals surface area contributed by atoms with Crippen LogP contribution in [0, 0.1) is 22.9 Å². The molecule has 5 rings (SSSR count). The van der Waals surface area contributed by atoms with Crippen LogP contribution in [0.25, 0.3) is 43.8 Å². The smallest absolute Gasteiger partial charge is 0.166 e. The molecule has 5 aromatic carbocycles. The summed E-state index contributed by atoms with van der Waals surface area (Å²) in [7, 11) is -4.57. The number of alkyl halides is 6. The predicted molar refractivity (Wildman–Crippen MR) is 238 cm³/mol. The fraction of sp³-hybridized carbons (Fsp3) is 0.400. The van der Waals surface area contributed by atoms with Crippen LogP contribution in [0.4, 0.5) is 26.3 Å². The fourth-order valence-electron chi connectivity index (χ4n) is 9.81. The van der Waals surface area contributed by atoms with Gasteiger partial charge in [-0.15, -0.1) is 11.1 Å². The zero-order chi connectivity index (χ0) is 43.1. The van der Waals surface area contributed by atoms with Gasteiger partial charge in [-0.1, -0.05) is 143 Å². The van der Waals surface area contributed by atoms with Crippen molar-refractivity contribution in [2.45, 2.75) is 129 Å². The maximum atomic E-state index is 13.9. The van der Waals surface area contributed by atoms with Gasteiger partial charge in [0.25, 0.3) is 0 Å². The summed E-state index contributed by atoms with van der Waals surface area (Å²) in [6.07, 6.45) is -9.00. The molecule has 8 heteroatoms. The van der Waals surface area contributed by atoms with Crippen molar-refractivity contribution < 1.29 is 26.3 Å². The van der Waals surface area contributed by atoms with E-state index in [0.717, 1.165) is 44.8 Å². The van der Waals surface area contributed by atoms with Crippen molar-refractivity contribution in [1.82, 2.24) is 0 Å². The SMILES string of the molecule is CC(C)[Si](C#Cc1c2ccc(-c3cccc(C(F)(F)F)c3)cc2c(C#C[Si](C(C)C)(C(C)C)C(C)C)c2ccc(-c3cccc(C(F)(F)F)c3)cc12)(C(C)C)C(C)C. The van der Waals surface area contributed by atoms with Gasteiger partial charge >= 0.3 is 12.4 Å². The Morgan fingerprint density at radius 1 is 0.379 bits per heavy atom. The van der Waals surface area contributed by atoms with Gasteiger partial charge in [-0.05, 0) is 113 Å². The van der Waals surface area contributed by atoms with Crippen molar-refractivity contribution in [2.24, 2.45) is 0 Å². The summed E-state index contributed by atoms with van der Waals surface area (Å²) in [6.45, 7) is 27.0. The van der Waals surface area contributed by atoms with Crippen LogP contribution in [0.1, 0.15) is 105 Å². The molecule has 0 bridgehead atoms. The van der Waals surface area contributed by atoms with Crippen LogP contribution in [-0.2, 0) is 12.4 Å². The van der Waals surface area contributed by atoms with Crippen LogP contribution >= 0.6 is 0 Å². The highest BCUT2D eigenvalue weighted by Gasteiger charge is 2.43. The molecule has 0 spiro atoms. The molecule has 0 saturated heterocycles. The van der Waals surface area contributed by atoms with Gasteiger partial charge in [-0.3, -0.25) is 0 Å². The van der Waals surface area contributed by atoms with Crippen LogP contribution in [0.5, 0.6) is 0 Å². The Morgan fingerprint density at radius 3 is 0.948 bits per heavy atom. The first-order valence-corrected chi connectivity index (χ1v) is 24.9. The van der Waals surface area contributed by atoms with Gasteiger partial charge in [-0.2, -0.15) is 26.3 Å². The molecule has 0 radical (unpaired) electrons. The Labute approximate surface area is 343 Å². The number of benzene rings is 5. The third-order valence-corrected chi connectivity index (χ3v) is 25.3. The zero-order valence-corrected chi connectivity index (χ0v) is 37.8. The van der Waals surface area contributed by atoms with E-state index in [1.54, 1.807) is 12.1 Å². The third kappa shape index (κ3) is 8.43. The molecule has 0 saturated carbocycles. The number of halogens is 6. The van der Waals surface area contributed by atoms with E-state index >= 15 is 0 Å². The molecule has 0 aromatic heterocycles. The molecule has 58 heavy (non-hydrogen) atoms. The average Bonchev–Trinajstić information content (AvgIpc) is 3.13. The summed E-state index contributed by atoms with van der Waals surface area (Å²) in [5.41, 5.74) is 12.0. The van der Waals surface area contributed by atoms with Crippen LogP contribution in [-0.4, -0.2) is 16.1 Å². The van der Waals surface area contributed by atoms with Gasteiger partial charge in [0.05, 0.1) is 11.1 Å². The lowest BCUT2D eigenvalue weighted by atomic mass is 9.88. The van der Waals surface area contributed by atoms with Crippen molar-refractivity contribution in [3.8, 4) is 45.2 Å². The molecule has 0 atom stereocenters. The number of hydrogen-bond donors (Lipinski definition) is 0. The monoisotopic (exact) mass is 826 g/mol. The highest BCUT2D eigenvalue weighted by atomic mass is 28.3. The number of fused-ring (bicyclic) bond motifs is 2. The molecular formula is C50H56F6Si2.